The van der Waals surface area contributed by atoms with Gasteiger partial charge in [0.15, 0.2) is 0 Å². The highest BCUT2D eigenvalue weighted by Gasteiger charge is 2.39. The molecule has 7 nitrogen and oxygen atoms in total. The van der Waals surface area contributed by atoms with Gasteiger partial charge in [0.2, 0.25) is 5.96 Å². The Kier molecular flexibility index (Phi) is 5.64. The largest absolute Gasteiger partial charge is 0.300 e. The third-order valence-corrected chi connectivity index (χ3v) is 6.34. The van der Waals surface area contributed by atoms with Crippen molar-refractivity contribution in [2.75, 3.05) is 13.1 Å². The first-order valence-electron chi connectivity index (χ1n) is 9.32. The fourth-order valence-corrected chi connectivity index (χ4v) is 4.66. The molecule has 1 N–H and O–H groups in total. The molecule has 0 radical (unpaired) electrons. The highest BCUT2D eigenvalue weighted by atomic mass is 32.2. The van der Waals surface area contributed by atoms with E-state index in [4.69, 9.17) is 0 Å². The van der Waals surface area contributed by atoms with E-state index in [0.29, 0.717) is 19.5 Å². The van der Waals surface area contributed by atoms with Crippen molar-refractivity contribution in [2.24, 2.45) is 15.5 Å². The summed E-state index contributed by atoms with van der Waals surface area (Å²) < 4.78 is 28.2. The van der Waals surface area contributed by atoms with Crippen LogP contribution in [0.25, 0.3) is 0 Å². The van der Waals surface area contributed by atoms with Gasteiger partial charge in [-0.05, 0) is 44.4 Å². The van der Waals surface area contributed by atoms with E-state index in [0.717, 1.165) is 18.4 Å². The zero-order valence-electron chi connectivity index (χ0n) is 15.8. The lowest BCUT2D eigenvalue weighted by Crippen LogP contribution is -2.42. The summed E-state index contributed by atoms with van der Waals surface area (Å²) in [7, 11) is -3.78. The van der Waals surface area contributed by atoms with Gasteiger partial charge in [-0.3, -0.25) is 9.79 Å². The molecule has 1 spiro atoms. The maximum Gasteiger partial charge on any atom is 0.264 e. The Hall–Kier alpha value is -2.22. The van der Waals surface area contributed by atoms with Gasteiger partial charge in [-0.15, -0.1) is 0 Å². The van der Waals surface area contributed by atoms with Crippen molar-refractivity contribution in [2.45, 2.75) is 50.8 Å². The quantitative estimate of drug-likeness (QED) is 0.617. The zero-order valence-corrected chi connectivity index (χ0v) is 16.6. The second-order valence-corrected chi connectivity index (χ2v) is 8.98. The molecule has 1 saturated carbocycles. The molecule has 8 heteroatoms. The van der Waals surface area contributed by atoms with Gasteiger partial charge in [0.1, 0.15) is 5.78 Å². The number of aliphatic imine (C=N–C) groups is 1. The molecule has 146 valence electrons. The lowest BCUT2D eigenvalue weighted by atomic mass is 9.88. The summed E-state index contributed by atoms with van der Waals surface area (Å²) in [5, 5.41) is 6.09. The number of Topliss-reactive ketones (excluding diaryl/α,β-unsaturated/α-hetero) is 1. The molecule has 27 heavy (non-hydrogen) atoms. The van der Waals surface area contributed by atoms with Gasteiger partial charge < -0.3 is 0 Å². The lowest BCUT2D eigenvalue weighted by molar-refractivity contribution is -0.116. The molecule has 1 aromatic carbocycles. The van der Waals surface area contributed by atoms with Gasteiger partial charge in [0, 0.05) is 24.6 Å². The fraction of sp³-hybridized carbons (Fsp3) is 0.526. The SMILES string of the molecule is CCN=C(NS(=O)(=O)c1ccc(CC(C)=O)cc1)N1CC2(C=N1)CCCC2. The molecule has 0 atom stereocenters. The second kappa shape index (κ2) is 7.80. The molecule has 2 aliphatic rings. The predicted octanol–water partition coefficient (Wildman–Crippen LogP) is 2.33. The van der Waals surface area contributed by atoms with Crippen molar-refractivity contribution >= 4 is 28.0 Å². The molecule has 0 unspecified atom stereocenters. The summed E-state index contributed by atoms with van der Waals surface area (Å²) in [6.07, 6.45) is 6.77. The Bertz CT molecular complexity index is 853. The van der Waals surface area contributed by atoms with E-state index in [1.54, 1.807) is 17.1 Å². The summed E-state index contributed by atoms with van der Waals surface area (Å²) in [5.74, 6) is 0.291. The number of sulfonamides is 1. The normalized spacial score (nSPS) is 19.0. The third kappa shape index (κ3) is 4.55. The first-order chi connectivity index (χ1) is 12.8. The number of carbonyl (C=O) groups excluding carboxylic acids is 1. The Balaban J connectivity index is 1.75. The van der Waals surface area contributed by atoms with Gasteiger partial charge in [0.25, 0.3) is 10.0 Å². The van der Waals surface area contributed by atoms with Gasteiger partial charge >= 0.3 is 0 Å². The summed E-state index contributed by atoms with van der Waals surface area (Å²) in [4.78, 5) is 15.7. The van der Waals surface area contributed by atoms with E-state index in [9.17, 15) is 13.2 Å². The summed E-state index contributed by atoms with van der Waals surface area (Å²) in [6, 6.07) is 6.34. The topological polar surface area (TPSA) is 91.2 Å². The van der Waals surface area contributed by atoms with Crippen molar-refractivity contribution in [3.8, 4) is 0 Å². The van der Waals surface area contributed by atoms with Gasteiger partial charge in [-0.25, -0.2) is 18.1 Å². The Morgan fingerprint density at radius 3 is 2.52 bits per heavy atom. The molecule has 1 heterocycles. The molecule has 1 fully saturated rings. The molecule has 1 aliphatic heterocycles. The standard InChI is InChI=1S/C19H26N4O3S/c1-3-20-18(23-14-19(13-21-23)10-4-5-11-19)22-27(25,26)17-8-6-16(7-9-17)12-15(2)24/h6-9,13H,3-5,10-12,14H2,1-2H3,(H,20,22). The van der Waals surface area contributed by atoms with Crippen LogP contribution in [0.2, 0.25) is 0 Å². The number of nitrogens with one attached hydrogen (secondary N) is 1. The molecule has 1 aliphatic carbocycles. The highest BCUT2D eigenvalue weighted by Crippen LogP contribution is 2.40. The Morgan fingerprint density at radius 2 is 1.93 bits per heavy atom. The molecule has 0 amide bonds. The van der Waals surface area contributed by atoms with Crippen LogP contribution in [0.15, 0.2) is 39.3 Å². The van der Waals surface area contributed by atoms with Crippen molar-refractivity contribution in [3.05, 3.63) is 29.8 Å². The number of nitrogens with zero attached hydrogens (tertiary/aromatic N) is 3. The van der Waals surface area contributed by atoms with Crippen LogP contribution >= 0.6 is 0 Å². The first-order valence-corrected chi connectivity index (χ1v) is 10.8. The Labute approximate surface area is 160 Å². The van der Waals surface area contributed by atoms with Crippen LogP contribution in [0.4, 0.5) is 0 Å². The number of guanidine groups is 1. The van der Waals surface area contributed by atoms with E-state index in [1.807, 2.05) is 13.1 Å². The van der Waals surface area contributed by atoms with Crippen LogP contribution in [-0.2, 0) is 21.2 Å². The molecule has 3 rings (SSSR count). The van der Waals surface area contributed by atoms with Crippen molar-refractivity contribution < 1.29 is 13.2 Å². The van der Waals surface area contributed by atoms with Crippen LogP contribution in [0.1, 0.15) is 45.1 Å². The highest BCUT2D eigenvalue weighted by molar-refractivity contribution is 7.90. The maximum atomic E-state index is 12.8. The van der Waals surface area contributed by atoms with Crippen LogP contribution in [-0.4, -0.2) is 44.5 Å². The molecular weight excluding hydrogens is 364 g/mol. The molecule has 1 aromatic rings. The van der Waals surface area contributed by atoms with E-state index in [2.05, 4.69) is 14.8 Å². The second-order valence-electron chi connectivity index (χ2n) is 7.30. The minimum absolute atomic E-state index is 0.0360. The number of rotatable bonds is 5. The van der Waals surface area contributed by atoms with Gasteiger partial charge in [-0.1, -0.05) is 25.0 Å². The van der Waals surface area contributed by atoms with Crippen LogP contribution in [0.3, 0.4) is 0 Å². The number of hydrogen-bond acceptors (Lipinski definition) is 5. The number of carbonyl (C=O) groups is 1. The first kappa shape index (κ1) is 19.5. The zero-order chi connectivity index (χ0) is 19.5. The number of benzene rings is 1. The van der Waals surface area contributed by atoms with Crippen molar-refractivity contribution in [1.82, 2.24) is 9.73 Å². The average molecular weight is 391 g/mol. The minimum atomic E-state index is -3.78. The summed E-state index contributed by atoms with van der Waals surface area (Å²) in [5.41, 5.74) is 0.838. The monoisotopic (exact) mass is 390 g/mol. The number of ketones is 1. The van der Waals surface area contributed by atoms with Gasteiger partial charge in [-0.2, -0.15) is 5.10 Å². The molecule has 0 saturated heterocycles. The Morgan fingerprint density at radius 1 is 1.26 bits per heavy atom. The minimum Gasteiger partial charge on any atom is -0.300 e. The van der Waals surface area contributed by atoms with Crippen LogP contribution in [0.5, 0.6) is 0 Å². The van der Waals surface area contributed by atoms with E-state index < -0.39 is 10.0 Å². The number of hydrazone groups is 1. The van der Waals surface area contributed by atoms with E-state index in [1.165, 1.54) is 31.9 Å². The van der Waals surface area contributed by atoms with Crippen LogP contribution in [0, 0.1) is 5.41 Å². The molecular formula is C19H26N4O3S. The lowest BCUT2D eigenvalue weighted by Gasteiger charge is -2.23. The molecule has 0 bridgehead atoms. The van der Waals surface area contributed by atoms with Crippen molar-refractivity contribution in [3.63, 3.8) is 0 Å². The maximum absolute atomic E-state index is 12.8. The van der Waals surface area contributed by atoms with Crippen molar-refractivity contribution in [1.29, 1.82) is 0 Å². The summed E-state index contributed by atoms with van der Waals surface area (Å²) in [6.45, 7) is 4.48. The van der Waals surface area contributed by atoms with E-state index >= 15 is 0 Å². The van der Waals surface area contributed by atoms with E-state index in [-0.39, 0.29) is 22.1 Å². The van der Waals surface area contributed by atoms with Gasteiger partial charge in [0.05, 0.1) is 11.4 Å². The third-order valence-electron chi connectivity index (χ3n) is 5.00. The number of hydrogen-bond donors (Lipinski definition) is 1. The summed E-state index contributed by atoms with van der Waals surface area (Å²) >= 11 is 0. The predicted molar refractivity (Wildman–Crippen MR) is 105 cm³/mol. The average Bonchev–Trinajstić information content (AvgIpc) is 3.25. The molecule has 0 aromatic heterocycles. The smallest absolute Gasteiger partial charge is 0.264 e. The fourth-order valence-electron chi connectivity index (χ4n) is 3.64. The van der Waals surface area contributed by atoms with Crippen LogP contribution < -0.4 is 4.72 Å².